The van der Waals surface area contributed by atoms with Crippen molar-refractivity contribution in [3.05, 3.63) is 0 Å². The molecule has 7 heavy (non-hydrogen) atoms. The molecule has 0 aromatic carbocycles. The molecule has 1 N–H and O–H groups in total. The van der Waals surface area contributed by atoms with Crippen molar-refractivity contribution >= 4 is 26.0 Å². The van der Waals surface area contributed by atoms with E-state index in [2.05, 4.69) is 15.9 Å². The van der Waals surface area contributed by atoms with Gasteiger partial charge in [0.2, 0.25) is 0 Å². The topological polar surface area (TPSA) is 54.4 Å². The highest BCUT2D eigenvalue weighted by Crippen LogP contribution is 2.03. The first kappa shape index (κ1) is 7.39. The van der Waals surface area contributed by atoms with Crippen molar-refractivity contribution in [2.75, 3.05) is 0 Å². The minimum absolute atomic E-state index is 0.861. The maximum absolute atomic E-state index is 9.84. The van der Waals surface area contributed by atoms with Crippen molar-refractivity contribution < 1.29 is 13.0 Å². The third kappa shape index (κ3) is 3.02. The minimum atomic E-state index is -3.82. The highest BCUT2D eigenvalue weighted by molar-refractivity contribution is 9.11. The standard InChI is InChI=1S/C2H5BrO3S/c1-2(3)7(4,5)6/h2H,1H3,(H,4,5,6). The van der Waals surface area contributed by atoms with Gasteiger partial charge >= 0.3 is 0 Å². The van der Waals surface area contributed by atoms with Gasteiger partial charge in [-0.3, -0.25) is 4.55 Å². The fourth-order valence-electron chi connectivity index (χ4n) is 0. The van der Waals surface area contributed by atoms with Crippen LogP contribution < -0.4 is 0 Å². The van der Waals surface area contributed by atoms with Crippen molar-refractivity contribution in [3.8, 4) is 0 Å². The predicted octanol–water partition coefficient (Wildman–Crippen LogP) is 0.615. The molecule has 5 heteroatoms. The number of hydrogen-bond acceptors (Lipinski definition) is 2. The van der Waals surface area contributed by atoms with Gasteiger partial charge in [-0.25, -0.2) is 0 Å². The second-order valence-electron chi connectivity index (χ2n) is 1.06. The molecule has 0 aromatic rings. The number of rotatable bonds is 1. The van der Waals surface area contributed by atoms with Crippen molar-refractivity contribution in [1.29, 1.82) is 0 Å². The van der Waals surface area contributed by atoms with Crippen LogP contribution in [-0.2, 0) is 10.1 Å². The molecule has 0 aliphatic rings. The summed E-state index contributed by atoms with van der Waals surface area (Å²) < 4.78 is 26.8. The highest BCUT2D eigenvalue weighted by Gasteiger charge is 2.10. The smallest absolute Gasteiger partial charge is 0.277 e. The van der Waals surface area contributed by atoms with Gasteiger partial charge in [0.25, 0.3) is 10.1 Å². The van der Waals surface area contributed by atoms with Crippen LogP contribution >= 0.6 is 15.9 Å². The van der Waals surface area contributed by atoms with Crippen LogP contribution in [0, 0.1) is 0 Å². The van der Waals surface area contributed by atoms with E-state index in [0.717, 1.165) is 0 Å². The molecule has 0 bridgehead atoms. The van der Waals surface area contributed by atoms with Gasteiger partial charge in [0.15, 0.2) is 0 Å². The van der Waals surface area contributed by atoms with E-state index in [1.54, 1.807) is 0 Å². The van der Waals surface area contributed by atoms with Gasteiger partial charge in [0.1, 0.15) is 4.16 Å². The maximum Gasteiger partial charge on any atom is 0.277 e. The lowest BCUT2D eigenvalue weighted by molar-refractivity contribution is 0.482. The van der Waals surface area contributed by atoms with Crippen molar-refractivity contribution in [3.63, 3.8) is 0 Å². The van der Waals surface area contributed by atoms with Crippen LogP contribution in [0.25, 0.3) is 0 Å². The van der Waals surface area contributed by atoms with Crippen LogP contribution in [0.3, 0.4) is 0 Å². The molecule has 0 aliphatic carbocycles. The van der Waals surface area contributed by atoms with Crippen LogP contribution in [0.5, 0.6) is 0 Å². The van der Waals surface area contributed by atoms with Gasteiger partial charge in [-0.1, -0.05) is 15.9 Å². The van der Waals surface area contributed by atoms with Crippen LogP contribution in [-0.4, -0.2) is 17.1 Å². The Morgan fingerprint density at radius 1 is 1.71 bits per heavy atom. The summed E-state index contributed by atoms with van der Waals surface area (Å²) in [5, 5.41) is 0. The van der Waals surface area contributed by atoms with Crippen LogP contribution in [0.4, 0.5) is 0 Å². The van der Waals surface area contributed by atoms with Gasteiger partial charge in [-0.15, -0.1) is 0 Å². The monoisotopic (exact) mass is 188 g/mol. The van der Waals surface area contributed by atoms with Gasteiger partial charge in [0, 0.05) is 0 Å². The second kappa shape index (κ2) is 2.11. The lowest BCUT2D eigenvalue weighted by Crippen LogP contribution is -2.07. The Morgan fingerprint density at radius 3 is 1.86 bits per heavy atom. The molecule has 0 spiro atoms. The maximum atomic E-state index is 9.84. The van der Waals surface area contributed by atoms with Crippen LogP contribution in [0.2, 0.25) is 0 Å². The van der Waals surface area contributed by atoms with E-state index in [1.807, 2.05) is 0 Å². The third-order valence-electron chi connectivity index (χ3n) is 0.410. The highest BCUT2D eigenvalue weighted by atomic mass is 79.9. The zero-order chi connectivity index (χ0) is 6.08. The second-order valence-corrected chi connectivity index (χ2v) is 4.77. The van der Waals surface area contributed by atoms with E-state index in [0.29, 0.717) is 0 Å². The summed E-state index contributed by atoms with van der Waals surface area (Å²) in [6.07, 6.45) is 0. The molecular formula is C2H5BrO3S. The first-order chi connectivity index (χ1) is 2.94. The van der Waals surface area contributed by atoms with E-state index < -0.39 is 14.3 Å². The summed E-state index contributed by atoms with van der Waals surface area (Å²) in [6, 6.07) is 0. The summed E-state index contributed by atoms with van der Waals surface area (Å²) in [5.74, 6) is 0. The molecule has 0 saturated carbocycles. The van der Waals surface area contributed by atoms with Crippen LogP contribution in [0.1, 0.15) is 6.92 Å². The van der Waals surface area contributed by atoms with Crippen molar-refractivity contribution in [2.45, 2.75) is 11.1 Å². The molecular weight excluding hydrogens is 184 g/mol. The molecule has 0 heterocycles. The lowest BCUT2D eigenvalue weighted by atomic mass is 11.0. The zero-order valence-corrected chi connectivity index (χ0v) is 6.03. The molecule has 0 radical (unpaired) electrons. The molecule has 0 amide bonds. The Labute approximate surface area is 50.6 Å². The fraction of sp³-hybridized carbons (Fsp3) is 1.00. The minimum Gasteiger partial charge on any atom is -0.285 e. The molecule has 1 atom stereocenters. The molecule has 0 rings (SSSR count). The molecule has 0 fully saturated rings. The van der Waals surface area contributed by atoms with E-state index >= 15 is 0 Å². The molecule has 1 unspecified atom stereocenters. The molecule has 0 aliphatic heterocycles. The molecule has 0 aromatic heterocycles. The van der Waals surface area contributed by atoms with E-state index in [9.17, 15) is 8.42 Å². The number of alkyl halides is 1. The summed E-state index contributed by atoms with van der Waals surface area (Å²) in [4.78, 5) is 0. The Kier molecular flexibility index (Phi) is 2.22. The average molecular weight is 189 g/mol. The summed E-state index contributed by atoms with van der Waals surface area (Å²) >= 11 is 2.66. The zero-order valence-electron chi connectivity index (χ0n) is 3.63. The average Bonchev–Trinajstić information content (AvgIpc) is 1.31. The van der Waals surface area contributed by atoms with E-state index in [1.165, 1.54) is 6.92 Å². The molecule has 3 nitrogen and oxygen atoms in total. The Bertz CT molecular complexity index is 135. The van der Waals surface area contributed by atoms with Gasteiger partial charge < -0.3 is 0 Å². The third-order valence-corrected chi connectivity index (χ3v) is 2.65. The fourth-order valence-corrected chi connectivity index (χ4v) is 0. The SMILES string of the molecule is CC(Br)S(=O)(=O)O. The van der Waals surface area contributed by atoms with Crippen LogP contribution in [0.15, 0.2) is 0 Å². The summed E-state index contributed by atoms with van der Waals surface area (Å²) in [6.45, 7) is 1.33. The predicted molar refractivity (Wildman–Crippen MR) is 29.9 cm³/mol. The summed E-state index contributed by atoms with van der Waals surface area (Å²) in [7, 11) is -3.82. The lowest BCUT2D eigenvalue weighted by Gasteiger charge is -1.92. The molecule has 44 valence electrons. The van der Waals surface area contributed by atoms with Crippen molar-refractivity contribution in [2.24, 2.45) is 0 Å². The summed E-state index contributed by atoms with van der Waals surface area (Å²) in [5.41, 5.74) is 0. The number of halogens is 1. The first-order valence-corrected chi connectivity index (χ1v) is 3.97. The van der Waals surface area contributed by atoms with Gasteiger partial charge in [-0.2, -0.15) is 8.42 Å². The van der Waals surface area contributed by atoms with Gasteiger partial charge in [-0.05, 0) is 6.92 Å². The molecule has 0 saturated heterocycles. The van der Waals surface area contributed by atoms with E-state index in [-0.39, 0.29) is 0 Å². The van der Waals surface area contributed by atoms with Gasteiger partial charge in [0.05, 0.1) is 0 Å². The first-order valence-electron chi connectivity index (χ1n) is 1.55. The normalized spacial score (nSPS) is 16.4. The van der Waals surface area contributed by atoms with Crippen molar-refractivity contribution in [1.82, 2.24) is 0 Å². The Balaban J connectivity index is 4.10. The largest absolute Gasteiger partial charge is 0.285 e. The Hall–Kier alpha value is 0.390. The van der Waals surface area contributed by atoms with E-state index in [4.69, 9.17) is 4.55 Å². The quantitative estimate of drug-likeness (QED) is 0.485. The number of hydrogen-bond donors (Lipinski definition) is 1. The Morgan fingerprint density at radius 2 is 1.86 bits per heavy atom.